The van der Waals surface area contributed by atoms with Crippen LogP contribution in [0.2, 0.25) is 0 Å². The van der Waals surface area contributed by atoms with E-state index in [2.05, 4.69) is 4.98 Å². The number of nitrogens with zero attached hydrogens (tertiary/aromatic N) is 1. The van der Waals surface area contributed by atoms with E-state index in [1.54, 1.807) is 45.9 Å². The molecule has 0 aliphatic heterocycles. The third-order valence-corrected chi connectivity index (χ3v) is 4.04. The van der Waals surface area contributed by atoms with Gasteiger partial charge in [-0.15, -0.1) is 0 Å². The SMILES string of the molecule is CC(C)(O)C(C)(C)OBc1ccc(Oc2ccccn2)c(F)c1F. The van der Waals surface area contributed by atoms with Crippen molar-refractivity contribution in [1.82, 2.24) is 4.98 Å². The molecule has 0 unspecified atom stereocenters. The number of benzene rings is 1. The van der Waals surface area contributed by atoms with E-state index >= 15 is 0 Å². The van der Waals surface area contributed by atoms with Gasteiger partial charge < -0.3 is 14.5 Å². The number of aromatic nitrogens is 1. The molecule has 0 spiro atoms. The maximum Gasteiger partial charge on any atom is 0.312 e. The molecular weight excluding hydrogens is 315 g/mol. The maximum atomic E-state index is 14.2. The number of ether oxygens (including phenoxy) is 1. The topological polar surface area (TPSA) is 51.6 Å². The van der Waals surface area contributed by atoms with E-state index in [1.165, 1.54) is 18.3 Å². The fourth-order valence-electron chi connectivity index (χ4n) is 1.72. The summed E-state index contributed by atoms with van der Waals surface area (Å²) in [5, 5.41) is 10.0. The lowest BCUT2D eigenvalue weighted by atomic mass is 9.82. The van der Waals surface area contributed by atoms with E-state index in [4.69, 9.17) is 9.39 Å². The minimum Gasteiger partial charge on any atom is -0.436 e. The summed E-state index contributed by atoms with van der Waals surface area (Å²) in [5.41, 5.74) is -2.03. The summed E-state index contributed by atoms with van der Waals surface area (Å²) in [6, 6.07) is 7.62. The van der Waals surface area contributed by atoms with Gasteiger partial charge in [0.25, 0.3) is 0 Å². The number of hydrogen-bond donors (Lipinski definition) is 1. The zero-order chi connectivity index (χ0) is 18.0. The van der Waals surface area contributed by atoms with Crippen LogP contribution in [0, 0.1) is 11.6 Å². The average Bonchev–Trinajstić information content (AvgIpc) is 2.51. The molecule has 1 heterocycles. The molecule has 0 radical (unpaired) electrons. The number of halogens is 2. The highest BCUT2D eigenvalue weighted by molar-refractivity contribution is 6.47. The predicted molar refractivity (Wildman–Crippen MR) is 88.9 cm³/mol. The first kappa shape index (κ1) is 18.4. The Morgan fingerprint density at radius 1 is 1.04 bits per heavy atom. The molecule has 0 amide bonds. The van der Waals surface area contributed by atoms with E-state index in [-0.39, 0.29) is 24.6 Å². The van der Waals surface area contributed by atoms with E-state index in [9.17, 15) is 13.9 Å². The Kier molecular flexibility index (Phi) is 5.25. The molecule has 0 aliphatic rings. The highest BCUT2D eigenvalue weighted by Crippen LogP contribution is 2.26. The molecule has 0 aliphatic carbocycles. The highest BCUT2D eigenvalue weighted by atomic mass is 19.2. The van der Waals surface area contributed by atoms with Crippen LogP contribution in [0.5, 0.6) is 11.6 Å². The monoisotopic (exact) mass is 335 g/mol. The van der Waals surface area contributed by atoms with Gasteiger partial charge in [-0.3, -0.25) is 0 Å². The van der Waals surface area contributed by atoms with Gasteiger partial charge in [0.1, 0.15) is 0 Å². The van der Waals surface area contributed by atoms with E-state index in [0.29, 0.717) is 0 Å². The molecule has 7 heteroatoms. The fraction of sp³-hybridized carbons (Fsp3) is 0.353. The third-order valence-electron chi connectivity index (χ3n) is 4.04. The first-order valence-corrected chi connectivity index (χ1v) is 7.54. The molecular formula is C17H20BF2NO3. The summed E-state index contributed by atoms with van der Waals surface area (Å²) in [6.07, 6.45) is 1.49. The van der Waals surface area contributed by atoms with Gasteiger partial charge in [0, 0.05) is 12.3 Å². The van der Waals surface area contributed by atoms with Gasteiger partial charge in [-0.05, 0) is 45.3 Å². The molecule has 0 saturated carbocycles. The summed E-state index contributed by atoms with van der Waals surface area (Å²) in [6.45, 7) is 6.54. The summed E-state index contributed by atoms with van der Waals surface area (Å²) in [5.74, 6) is -2.24. The van der Waals surface area contributed by atoms with Gasteiger partial charge in [0.2, 0.25) is 11.7 Å². The van der Waals surface area contributed by atoms with Gasteiger partial charge >= 0.3 is 7.48 Å². The van der Waals surface area contributed by atoms with Crippen LogP contribution in [-0.2, 0) is 4.65 Å². The first-order valence-electron chi connectivity index (χ1n) is 7.54. The van der Waals surface area contributed by atoms with E-state index in [0.717, 1.165) is 0 Å². The quantitative estimate of drug-likeness (QED) is 0.825. The smallest absolute Gasteiger partial charge is 0.312 e. The largest absolute Gasteiger partial charge is 0.436 e. The Morgan fingerprint density at radius 2 is 1.75 bits per heavy atom. The summed E-state index contributed by atoms with van der Waals surface area (Å²) < 4.78 is 39.2. The van der Waals surface area contributed by atoms with Crippen molar-refractivity contribution in [3.63, 3.8) is 0 Å². The molecule has 0 bridgehead atoms. The van der Waals surface area contributed by atoms with Crippen molar-refractivity contribution < 1.29 is 23.3 Å². The molecule has 1 aromatic carbocycles. The van der Waals surface area contributed by atoms with Crippen LogP contribution in [0.25, 0.3) is 0 Å². The normalized spacial score (nSPS) is 12.1. The van der Waals surface area contributed by atoms with Crippen LogP contribution in [-0.4, -0.2) is 28.8 Å². The second-order valence-corrected chi connectivity index (χ2v) is 6.48. The Morgan fingerprint density at radius 3 is 2.33 bits per heavy atom. The van der Waals surface area contributed by atoms with Crippen LogP contribution < -0.4 is 10.2 Å². The number of pyridine rings is 1. The molecule has 0 fully saturated rings. The predicted octanol–water partition coefficient (Wildman–Crippen LogP) is 2.70. The van der Waals surface area contributed by atoms with Gasteiger partial charge in [-0.2, -0.15) is 4.39 Å². The van der Waals surface area contributed by atoms with Crippen molar-refractivity contribution in [2.45, 2.75) is 38.9 Å². The standard InChI is InChI=1S/C17H20BF2NO3/c1-16(2,22)17(3,4)24-18-11-8-9-12(15(20)14(11)19)23-13-7-5-6-10-21-13/h5-10,18,22H,1-4H3. The van der Waals surface area contributed by atoms with Crippen LogP contribution in [0.15, 0.2) is 36.5 Å². The second kappa shape index (κ2) is 6.87. The Hall–Kier alpha value is -1.99. The number of rotatable bonds is 6. The van der Waals surface area contributed by atoms with E-state index in [1.807, 2.05) is 0 Å². The average molecular weight is 335 g/mol. The van der Waals surface area contributed by atoms with Gasteiger partial charge in [0.15, 0.2) is 11.6 Å². The molecule has 4 nitrogen and oxygen atoms in total. The Labute approximate surface area is 140 Å². The van der Waals surface area contributed by atoms with Crippen molar-refractivity contribution in [1.29, 1.82) is 0 Å². The minimum atomic E-state index is -1.13. The van der Waals surface area contributed by atoms with Crippen molar-refractivity contribution >= 4 is 12.9 Å². The summed E-state index contributed by atoms with van der Waals surface area (Å²) in [7, 11) is -0.177. The van der Waals surface area contributed by atoms with Gasteiger partial charge in [-0.1, -0.05) is 12.1 Å². The van der Waals surface area contributed by atoms with Crippen molar-refractivity contribution in [2.24, 2.45) is 0 Å². The first-order chi connectivity index (χ1) is 11.1. The van der Waals surface area contributed by atoms with Crippen LogP contribution >= 0.6 is 0 Å². The van der Waals surface area contributed by atoms with Crippen molar-refractivity contribution in [2.75, 3.05) is 0 Å². The summed E-state index contributed by atoms with van der Waals surface area (Å²) >= 11 is 0. The van der Waals surface area contributed by atoms with Crippen molar-refractivity contribution in [3.8, 4) is 11.6 Å². The van der Waals surface area contributed by atoms with E-state index < -0.39 is 22.8 Å². The number of hydrogen-bond acceptors (Lipinski definition) is 4. The zero-order valence-electron chi connectivity index (χ0n) is 14.1. The lowest BCUT2D eigenvalue weighted by molar-refractivity contribution is -0.0893. The molecule has 2 rings (SSSR count). The fourth-order valence-corrected chi connectivity index (χ4v) is 1.72. The van der Waals surface area contributed by atoms with Crippen LogP contribution in [0.1, 0.15) is 27.7 Å². The molecule has 1 aromatic heterocycles. The third kappa shape index (κ3) is 4.10. The Balaban J connectivity index is 2.15. The minimum absolute atomic E-state index is 0.0400. The molecule has 128 valence electrons. The Bertz CT molecular complexity index is 703. The lowest BCUT2D eigenvalue weighted by Crippen LogP contribution is -2.49. The molecule has 0 saturated heterocycles. The molecule has 2 aromatic rings. The molecule has 1 N–H and O–H groups in total. The molecule has 24 heavy (non-hydrogen) atoms. The number of aliphatic hydroxyl groups is 1. The second-order valence-electron chi connectivity index (χ2n) is 6.48. The molecule has 0 atom stereocenters. The van der Waals surface area contributed by atoms with Crippen LogP contribution in [0.4, 0.5) is 8.78 Å². The van der Waals surface area contributed by atoms with Gasteiger partial charge in [-0.25, -0.2) is 9.37 Å². The van der Waals surface area contributed by atoms with Gasteiger partial charge in [0.05, 0.1) is 11.2 Å². The van der Waals surface area contributed by atoms with Crippen LogP contribution in [0.3, 0.4) is 0 Å². The highest BCUT2D eigenvalue weighted by Gasteiger charge is 2.36. The summed E-state index contributed by atoms with van der Waals surface area (Å²) in [4.78, 5) is 3.90. The maximum absolute atomic E-state index is 14.2. The lowest BCUT2D eigenvalue weighted by Gasteiger charge is -2.37. The zero-order valence-corrected chi connectivity index (χ0v) is 14.1. The van der Waals surface area contributed by atoms with Crippen molar-refractivity contribution in [3.05, 3.63) is 48.2 Å².